The molecule has 0 saturated heterocycles. The Balaban J connectivity index is 1.93. The third-order valence-electron chi connectivity index (χ3n) is 3.95. The number of aromatic hydroxyl groups is 1. The van der Waals surface area contributed by atoms with Crippen LogP contribution in [0.4, 0.5) is 0 Å². The summed E-state index contributed by atoms with van der Waals surface area (Å²) in [7, 11) is 1.51. The fraction of sp³-hybridized carbons (Fsp3) is 0.211. The second kappa shape index (κ2) is 7.36. The Labute approximate surface area is 153 Å². The molecule has 1 heterocycles. The van der Waals surface area contributed by atoms with Gasteiger partial charge in [-0.1, -0.05) is 6.07 Å². The van der Waals surface area contributed by atoms with Crippen molar-refractivity contribution in [2.45, 2.75) is 19.3 Å². The fourth-order valence-corrected chi connectivity index (χ4v) is 3.90. The highest BCUT2D eigenvalue weighted by molar-refractivity contribution is 9.10. The van der Waals surface area contributed by atoms with Crippen molar-refractivity contribution in [3.05, 3.63) is 55.7 Å². The number of benzene rings is 1. The first-order valence-electron chi connectivity index (χ1n) is 7.64. The number of halogens is 1. The highest BCUT2D eigenvalue weighted by atomic mass is 79.9. The minimum atomic E-state index is 0.0629. The number of hydrogen-bond acceptors (Lipinski definition) is 4. The summed E-state index contributed by atoms with van der Waals surface area (Å²) in [4.78, 5) is 13.8. The van der Waals surface area contributed by atoms with Gasteiger partial charge in [0.1, 0.15) is 0 Å². The van der Waals surface area contributed by atoms with Crippen LogP contribution in [-0.4, -0.2) is 18.0 Å². The molecule has 0 atom stereocenters. The van der Waals surface area contributed by atoms with Crippen LogP contribution in [0.2, 0.25) is 0 Å². The lowest BCUT2D eigenvalue weighted by molar-refractivity contribution is -0.112. The Morgan fingerprint density at radius 1 is 1.25 bits per heavy atom. The number of phenolic OH excluding ortho intramolecular Hbond substituents is 1. The van der Waals surface area contributed by atoms with E-state index >= 15 is 0 Å². The number of ether oxygens (including phenoxy) is 1. The standard InChI is InChI=1S/C19H17BrO3S/c1-23-17-10-12(9-16(20)19(17)22)8-13-4-2-5-14(18(13)21)11-15-6-3-7-24-15/h3,6-11,22H,2,4-5H2,1H3/b13-8+,14-11-. The predicted molar refractivity (Wildman–Crippen MR) is 101 cm³/mol. The summed E-state index contributed by atoms with van der Waals surface area (Å²) in [5.41, 5.74) is 2.49. The van der Waals surface area contributed by atoms with Crippen molar-refractivity contribution in [3.63, 3.8) is 0 Å². The summed E-state index contributed by atoms with van der Waals surface area (Å²) in [5.74, 6) is 0.555. The summed E-state index contributed by atoms with van der Waals surface area (Å²) in [5, 5.41) is 11.9. The van der Waals surface area contributed by atoms with Gasteiger partial charge in [-0.3, -0.25) is 4.79 Å². The summed E-state index contributed by atoms with van der Waals surface area (Å²) in [6, 6.07) is 7.53. The van der Waals surface area contributed by atoms with Crippen LogP contribution < -0.4 is 4.74 Å². The Hall–Kier alpha value is -1.85. The van der Waals surface area contributed by atoms with Crippen LogP contribution in [0.3, 0.4) is 0 Å². The first kappa shape index (κ1) is 17.0. The van der Waals surface area contributed by atoms with Crippen molar-refractivity contribution in [3.8, 4) is 11.5 Å². The number of thiophene rings is 1. The molecular weight excluding hydrogens is 388 g/mol. The van der Waals surface area contributed by atoms with Gasteiger partial charge in [-0.15, -0.1) is 11.3 Å². The molecule has 0 amide bonds. The number of hydrogen-bond donors (Lipinski definition) is 1. The Bertz CT molecular complexity index is 819. The molecule has 1 aromatic carbocycles. The molecule has 0 radical (unpaired) electrons. The number of methoxy groups -OCH3 is 1. The van der Waals surface area contributed by atoms with Crippen molar-refractivity contribution < 1.29 is 14.6 Å². The van der Waals surface area contributed by atoms with E-state index in [0.29, 0.717) is 10.2 Å². The number of rotatable bonds is 3. The second-order valence-corrected chi connectivity index (χ2v) is 7.42. The van der Waals surface area contributed by atoms with Crippen LogP contribution in [-0.2, 0) is 4.79 Å². The summed E-state index contributed by atoms with van der Waals surface area (Å²) in [6.07, 6.45) is 6.42. The molecule has 0 unspecified atom stereocenters. The van der Waals surface area contributed by atoms with Crippen molar-refractivity contribution in [2.75, 3.05) is 7.11 Å². The van der Waals surface area contributed by atoms with Gasteiger partial charge >= 0.3 is 0 Å². The van der Waals surface area contributed by atoms with Crippen LogP contribution in [0, 0.1) is 0 Å². The molecule has 0 spiro atoms. The Morgan fingerprint density at radius 2 is 2.00 bits per heavy atom. The SMILES string of the molecule is COc1cc(/C=C2\CCC/C(=C/c3cccs3)C2=O)cc(Br)c1O. The smallest absolute Gasteiger partial charge is 0.185 e. The van der Waals surface area contributed by atoms with Gasteiger partial charge in [-0.2, -0.15) is 0 Å². The first-order valence-corrected chi connectivity index (χ1v) is 9.31. The zero-order valence-electron chi connectivity index (χ0n) is 13.2. The molecule has 0 aliphatic heterocycles. The summed E-state index contributed by atoms with van der Waals surface area (Å²) < 4.78 is 5.72. The molecule has 24 heavy (non-hydrogen) atoms. The van der Waals surface area contributed by atoms with Crippen LogP contribution in [0.1, 0.15) is 29.7 Å². The number of allylic oxidation sites excluding steroid dienone is 2. The van der Waals surface area contributed by atoms with E-state index in [-0.39, 0.29) is 11.5 Å². The molecule has 1 saturated carbocycles. The largest absolute Gasteiger partial charge is 0.503 e. The van der Waals surface area contributed by atoms with Gasteiger partial charge in [-0.25, -0.2) is 0 Å². The van der Waals surface area contributed by atoms with Gasteiger partial charge in [0.05, 0.1) is 11.6 Å². The van der Waals surface area contributed by atoms with Crippen LogP contribution in [0.25, 0.3) is 12.2 Å². The Morgan fingerprint density at radius 3 is 2.67 bits per heavy atom. The minimum absolute atomic E-state index is 0.0629. The zero-order chi connectivity index (χ0) is 17.1. The quantitative estimate of drug-likeness (QED) is 0.692. The molecule has 3 nitrogen and oxygen atoms in total. The lowest BCUT2D eigenvalue weighted by Gasteiger charge is -2.16. The van der Waals surface area contributed by atoms with Gasteiger partial charge in [0, 0.05) is 16.0 Å². The fourth-order valence-electron chi connectivity index (χ4n) is 2.76. The normalized spacial score (nSPS) is 18.3. The molecule has 1 fully saturated rings. The van der Waals surface area contributed by atoms with Gasteiger partial charge in [-0.05, 0) is 76.5 Å². The average Bonchev–Trinajstić information content (AvgIpc) is 3.07. The van der Waals surface area contributed by atoms with E-state index in [4.69, 9.17) is 4.74 Å². The van der Waals surface area contributed by atoms with Crippen molar-refractivity contribution in [2.24, 2.45) is 0 Å². The van der Waals surface area contributed by atoms with Crippen LogP contribution in [0.15, 0.2) is 45.3 Å². The summed E-state index contributed by atoms with van der Waals surface area (Å²) in [6.45, 7) is 0. The van der Waals surface area contributed by atoms with E-state index in [2.05, 4.69) is 15.9 Å². The van der Waals surface area contributed by atoms with Crippen LogP contribution in [0.5, 0.6) is 11.5 Å². The molecule has 0 bridgehead atoms. The zero-order valence-corrected chi connectivity index (χ0v) is 15.6. The highest BCUT2D eigenvalue weighted by Crippen LogP contribution is 2.37. The molecule has 2 aromatic rings. The van der Waals surface area contributed by atoms with Crippen LogP contribution >= 0.6 is 27.3 Å². The van der Waals surface area contributed by atoms with E-state index in [9.17, 15) is 9.90 Å². The average molecular weight is 405 g/mol. The van der Waals surface area contributed by atoms with E-state index < -0.39 is 0 Å². The maximum atomic E-state index is 12.7. The second-order valence-electron chi connectivity index (χ2n) is 5.59. The molecule has 1 aliphatic carbocycles. The van der Waals surface area contributed by atoms with Gasteiger partial charge < -0.3 is 9.84 Å². The van der Waals surface area contributed by atoms with E-state index in [1.165, 1.54) is 7.11 Å². The van der Waals surface area contributed by atoms with Crippen molar-refractivity contribution >= 4 is 45.2 Å². The summed E-state index contributed by atoms with van der Waals surface area (Å²) >= 11 is 4.95. The molecule has 1 aromatic heterocycles. The number of ketones is 1. The van der Waals surface area contributed by atoms with Gasteiger partial charge in [0.2, 0.25) is 0 Å². The molecular formula is C19H17BrO3S. The lowest BCUT2D eigenvalue weighted by Crippen LogP contribution is -2.12. The molecule has 1 N–H and O–H groups in total. The highest BCUT2D eigenvalue weighted by Gasteiger charge is 2.21. The molecule has 5 heteroatoms. The molecule has 1 aliphatic rings. The monoisotopic (exact) mass is 404 g/mol. The predicted octanol–water partition coefficient (Wildman–Crippen LogP) is 5.44. The Kier molecular flexibility index (Phi) is 5.21. The topological polar surface area (TPSA) is 46.5 Å². The van der Waals surface area contributed by atoms with E-state index in [1.807, 2.05) is 29.7 Å². The molecule has 124 valence electrons. The van der Waals surface area contributed by atoms with Crippen molar-refractivity contribution in [1.29, 1.82) is 0 Å². The van der Waals surface area contributed by atoms with Gasteiger partial charge in [0.25, 0.3) is 0 Å². The maximum absolute atomic E-state index is 12.7. The first-order chi connectivity index (χ1) is 11.6. The number of carbonyl (C=O) groups is 1. The number of phenols is 1. The molecule has 3 rings (SSSR count). The van der Waals surface area contributed by atoms with E-state index in [1.54, 1.807) is 23.5 Å². The number of carbonyl (C=O) groups excluding carboxylic acids is 1. The van der Waals surface area contributed by atoms with Gasteiger partial charge in [0.15, 0.2) is 17.3 Å². The van der Waals surface area contributed by atoms with E-state index in [0.717, 1.165) is 40.8 Å². The van der Waals surface area contributed by atoms with Crippen molar-refractivity contribution in [1.82, 2.24) is 0 Å². The maximum Gasteiger partial charge on any atom is 0.185 e. The lowest BCUT2D eigenvalue weighted by atomic mass is 9.87. The minimum Gasteiger partial charge on any atom is -0.503 e. The third-order valence-corrected chi connectivity index (χ3v) is 5.37. The third kappa shape index (κ3) is 3.62. The number of Topliss-reactive ketones (excluding diaryl/α,β-unsaturated/α-hetero) is 1.